The van der Waals surface area contributed by atoms with Crippen molar-refractivity contribution in [3.63, 3.8) is 0 Å². The van der Waals surface area contributed by atoms with Gasteiger partial charge in [-0.05, 0) is 24.6 Å². The van der Waals surface area contributed by atoms with E-state index in [0.717, 1.165) is 27.6 Å². The van der Waals surface area contributed by atoms with Crippen LogP contribution in [0.3, 0.4) is 0 Å². The molecule has 0 aliphatic carbocycles. The van der Waals surface area contributed by atoms with Crippen LogP contribution in [0, 0.1) is 6.92 Å². The molecule has 1 heterocycles. The summed E-state index contributed by atoms with van der Waals surface area (Å²) in [7, 11) is 0. The third kappa shape index (κ3) is 2.35. The summed E-state index contributed by atoms with van der Waals surface area (Å²) in [6.07, 6.45) is 1.12. The van der Waals surface area contributed by atoms with Gasteiger partial charge in [0.25, 0.3) is 0 Å². The highest BCUT2D eigenvalue weighted by atomic mass is 16.3. The van der Waals surface area contributed by atoms with Gasteiger partial charge in [-0.3, -0.25) is 4.98 Å². The molecule has 1 N–H and O–H groups in total. The smallest absolute Gasteiger partial charge is 0.106 e. The number of benzene rings is 2. The fourth-order valence-corrected chi connectivity index (χ4v) is 2.27. The third-order valence-corrected chi connectivity index (χ3v) is 3.29. The van der Waals surface area contributed by atoms with Crippen LogP contribution in [0.15, 0.2) is 60.8 Å². The van der Waals surface area contributed by atoms with Gasteiger partial charge in [-0.15, -0.1) is 0 Å². The number of fused-ring (bicyclic) bond motifs is 1. The van der Waals surface area contributed by atoms with Crippen LogP contribution in [0.1, 0.15) is 22.8 Å². The SMILES string of the molecule is Cc1cccc(C(O)c2cnc3ccccc3c2)c1. The molecule has 1 aromatic heterocycles. The van der Waals surface area contributed by atoms with E-state index in [2.05, 4.69) is 4.98 Å². The summed E-state index contributed by atoms with van der Waals surface area (Å²) in [5.41, 5.74) is 3.81. The van der Waals surface area contributed by atoms with Crippen LogP contribution in [0.2, 0.25) is 0 Å². The van der Waals surface area contributed by atoms with Gasteiger partial charge in [0.1, 0.15) is 6.10 Å². The van der Waals surface area contributed by atoms with Gasteiger partial charge in [0, 0.05) is 17.1 Å². The van der Waals surface area contributed by atoms with Gasteiger partial charge in [-0.2, -0.15) is 0 Å². The Morgan fingerprint density at radius 3 is 2.63 bits per heavy atom. The van der Waals surface area contributed by atoms with Gasteiger partial charge in [0.05, 0.1) is 5.52 Å². The van der Waals surface area contributed by atoms with Crippen LogP contribution in [-0.4, -0.2) is 10.1 Å². The summed E-state index contributed by atoms with van der Waals surface area (Å²) in [5.74, 6) is 0. The number of nitrogens with zero attached hydrogens (tertiary/aromatic N) is 1. The molecule has 3 rings (SSSR count). The highest BCUT2D eigenvalue weighted by molar-refractivity contribution is 5.78. The maximum Gasteiger partial charge on any atom is 0.106 e. The lowest BCUT2D eigenvalue weighted by atomic mass is 10.0. The van der Waals surface area contributed by atoms with Crippen molar-refractivity contribution >= 4 is 10.9 Å². The summed E-state index contributed by atoms with van der Waals surface area (Å²) in [4.78, 5) is 4.39. The van der Waals surface area contributed by atoms with E-state index >= 15 is 0 Å². The van der Waals surface area contributed by atoms with Crippen molar-refractivity contribution in [1.29, 1.82) is 0 Å². The molecule has 0 fully saturated rings. The van der Waals surface area contributed by atoms with Gasteiger partial charge < -0.3 is 5.11 Å². The second-order valence-corrected chi connectivity index (χ2v) is 4.78. The normalized spacial score (nSPS) is 12.5. The second kappa shape index (κ2) is 4.82. The minimum Gasteiger partial charge on any atom is -0.384 e. The number of hydrogen-bond acceptors (Lipinski definition) is 2. The number of hydrogen-bond donors (Lipinski definition) is 1. The molecule has 1 atom stereocenters. The quantitative estimate of drug-likeness (QED) is 0.752. The zero-order valence-electron chi connectivity index (χ0n) is 10.7. The van der Waals surface area contributed by atoms with Crippen molar-refractivity contribution in [2.75, 3.05) is 0 Å². The monoisotopic (exact) mass is 249 g/mol. The lowest BCUT2D eigenvalue weighted by Crippen LogP contribution is -2.00. The number of aliphatic hydroxyl groups excluding tert-OH is 1. The summed E-state index contributed by atoms with van der Waals surface area (Å²) in [6, 6.07) is 17.8. The Balaban J connectivity index is 2.04. The molecule has 0 saturated heterocycles. The van der Waals surface area contributed by atoms with Crippen LogP contribution in [0.4, 0.5) is 0 Å². The Morgan fingerprint density at radius 1 is 0.947 bits per heavy atom. The van der Waals surface area contributed by atoms with Crippen molar-refractivity contribution in [2.24, 2.45) is 0 Å². The molecule has 2 heteroatoms. The van der Waals surface area contributed by atoms with Crippen molar-refractivity contribution in [2.45, 2.75) is 13.0 Å². The number of para-hydroxylation sites is 1. The molecule has 0 spiro atoms. The van der Waals surface area contributed by atoms with Crippen molar-refractivity contribution in [3.8, 4) is 0 Å². The number of aliphatic hydroxyl groups is 1. The largest absolute Gasteiger partial charge is 0.384 e. The van der Waals surface area contributed by atoms with Gasteiger partial charge in [0.15, 0.2) is 0 Å². The summed E-state index contributed by atoms with van der Waals surface area (Å²) in [6.45, 7) is 2.02. The first-order valence-corrected chi connectivity index (χ1v) is 6.33. The van der Waals surface area contributed by atoms with Gasteiger partial charge in [-0.1, -0.05) is 48.0 Å². The van der Waals surface area contributed by atoms with Crippen LogP contribution in [0.25, 0.3) is 10.9 Å². The minimum atomic E-state index is -0.628. The first-order chi connectivity index (χ1) is 9.24. The predicted octanol–water partition coefficient (Wildman–Crippen LogP) is 3.62. The fourth-order valence-electron chi connectivity index (χ4n) is 2.27. The Kier molecular flexibility index (Phi) is 3.02. The molecule has 3 aromatic rings. The Bertz CT molecular complexity index is 721. The Hall–Kier alpha value is -2.19. The first-order valence-electron chi connectivity index (χ1n) is 6.33. The molecule has 1 unspecified atom stereocenters. The van der Waals surface area contributed by atoms with Gasteiger partial charge >= 0.3 is 0 Å². The standard InChI is InChI=1S/C17H15NO/c1-12-5-4-7-14(9-12)17(19)15-10-13-6-2-3-8-16(13)18-11-15/h2-11,17,19H,1H3. The van der Waals surface area contributed by atoms with Crippen LogP contribution in [0.5, 0.6) is 0 Å². The lowest BCUT2D eigenvalue weighted by Gasteiger charge is -2.12. The average molecular weight is 249 g/mol. The Labute approximate surface area is 112 Å². The molecule has 0 aliphatic heterocycles. The molecule has 2 nitrogen and oxygen atoms in total. The second-order valence-electron chi connectivity index (χ2n) is 4.78. The molecule has 0 amide bonds. The van der Waals surface area contributed by atoms with E-state index in [1.165, 1.54) is 0 Å². The van der Waals surface area contributed by atoms with E-state index in [1.54, 1.807) is 6.20 Å². The van der Waals surface area contributed by atoms with Crippen molar-refractivity contribution in [3.05, 3.63) is 77.5 Å². The zero-order valence-corrected chi connectivity index (χ0v) is 10.7. The topological polar surface area (TPSA) is 33.1 Å². The van der Waals surface area contributed by atoms with Crippen LogP contribution in [-0.2, 0) is 0 Å². The van der Waals surface area contributed by atoms with E-state index in [9.17, 15) is 5.11 Å². The number of aryl methyl sites for hydroxylation is 1. The molecule has 19 heavy (non-hydrogen) atoms. The summed E-state index contributed by atoms with van der Waals surface area (Å²) >= 11 is 0. The van der Waals surface area contributed by atoms with Crippen molar-refractivity contribution < 1.29 is 5.11 Å². The lowest BCUT2D eigenvalue weighted by molar-refractivity contribution is 0.220. The predicted molar refractivity (Wildman–Crippen MR) is 77.0 cm³/mol. The fraction of sp³-hybridized carbons (Fsp3) is 0.118. The summed E-state index contributed by atoms with van der Waals surface area (Å²) in [5, 5.41) is 11.5. The highest BCUT2D eigenvalue weighted by Crippen LogP contribution is 2.24. The van der Waals surface area contributed by atoms with Crippen LogP contribution >= 0.6 is 0 Å². The molecule has 0 bridgehead atoms. The Morgan fingerprint density at radius 2 is 1.79 bits per heavy atom. The highest BCUT2D eigenvalue weighted by Gasteiger charge is 2.11. The summed E-state index contributed by atoms with van der Waals surface area (Å²) < 4.78 is 0. The van der Waals surface area contributed by atoms with E-state index in [4.69, 9.17) is 0 Å². The molecule has 94 valence electrons. The number of pyridine rings is 1. The molecular formula is C17H15NO. The minimum absolute atomic E-state index is 0.628. The van der Waals surface area contributed by atoms with E-state index in [1.807, 2.05) is 61.5 Å². The number of rotatable bonds is 2. The van der Waals surface area contributed by atoms with Crippen LogP contribution < -0.4 is 0 Å². The van der Waals surface area contributed by atoms with Crippen molar-refractivity contribution in [1.82, 2.24) is 4.98 Å². The van der Waals surface area contributed by atoms with E-state index in [0.29, 0.717) is 0 Å². The molecule has 0 radical (unpaired) electrons. The molecule has 2 aromatic carbocycles. The van der Waals surface area contributed by atoms with Gasteiger partial charge in [-0.25, -0.2) is 0 Å². The molecule has 0 saturated carbocycles. The molecule has 0 aliphatic rings. The maximum absolute atomic E-state index is 10.4. The third-order valence-electron chi connectivity index (χ3n) is 3.29. The zero-order chi connectivity index (χ0) is 13.2. The maximum atomic E-state index is 10.4. The van der Waals surface area contributed by atoms with E-state index in [-0.39, 0.29) is 0 Å². The molecular weight excluding hydrogens is 234 g/mol. The van der Waals surface area contributed by atoms with E-state index < -0.39 is 6.10 Å². The van der Waals surface area contributed by atoms with Gasteiger partial charge in [0.2, 0.25) is 0 Å². The first kappa shape index (κ1) is 11.9. The average Bonchev–Trinajstić information content (AvgIpc) is 2.46. The number of aromatic nitrogens is 1.